The zero-order chi connectivity index (χ0) is 21.4. The first-order valence-corrected chi connectivity index (χ1v) is 9.80. The number of halogens is 1. The summed E-state index contributed by atoms with van der Waals surface area (Å²) in [5.41, 5.74) is 9.64. The molecule has 31 heavy (non-hydrogen) atoms. The Kier molecular flexibility index (Phi) is 4.59. The first kappa shape index (κ1) is 18.8. The van der Waals surface area contributed by atoms with E-state index in [0.717, 1.165) is 11.3 Å². The summed E-state index contributed by atoms with van der Waals surface area (Å²) in [6, 6.07) is 18.1. The number of nitrogens with zero attached hydrogens (tertiary/aromatic N) is 3. The molecule has 0 aliphatic carbocycles. The number of furan rings is 1. The summed E-state index contributed by atoms with van der Waals surface area (Å²) in [6.45, 7) is 4.19. The normalized spacial score (nSPS) is 12.0. The third kappa shape index (κ3) is 3.59. The van der Waals surface area contributed by atoms with Crippen LogP contribution in [0.5, 0.6) is 0 Å². The maximum absolute atomic E-state index is 14.6. The highest BCUT2D eigenvalue weighted by Gasteiger charge is 2.15. The Hall–Kier alpha value is -4.19. The van der Waals surface area contributed by atoms with Crippen molar-refractivity contribution in [1.82, 2.24) is 14.4 Å². The fraction of sp³-hybridized carbons (Fsp3) is 0.0400. The Bertz CT molecular complexity index is 1490. The second kappa shape index (κ2) is 7.57. The number of hydrogen-bond donors (Lipinski definition) is 1. The molecule has 0 spiro atoms. The maximum Gasteiger partial charge on any atom is 0.160 e. The van der Waals surface area contributed by atoms with Crippen molar-refractivity contribution in [3.63, 3.8) is 0 Å². The van der Waals surface area contributed by atoms with Crippen LogP contribution in [0, 0.1) is 5.82 Å². The van der Waals surface area contributed by atoms with Gasteiger partial charge in [-0.25, -0.2) is 14.4 Å². The third-order valence-electron chi connectivity index (χ3n) is 5.11. The highest BCUT2D eigenvalue weighted by molar-refractivity contribution is 5.66. The number of rotatable bonds is 4. The first-order chi connectivity index (χ1) is 15.1. The van der Waals surface area contributed by atoms with E-state index in [0.29, 0.717) is 45.5 Å². The van der Waals surface area contributed by atoms with Gasteiger partial charge in [0.25, 0.3) is 0 Å². The minimum absolute atomic E-state index is 0.334. The van der Waals surface area contributed by atoms with Gasteiger partial charge >= 0.3 is 0 Å². The van der Waals surface area contributed by atoms with E-state index in [1.54, 1.807) is 18.5 Å². The number of imidazole rings is 1. The van der Waals surface area contributed by atoms with E-state index in [9.17, 15) is 4.39 Å². The van der Waals surface area contributed by atoms with Crippen LogP contribution in [0.15, 0.2) is 77.5 Å². The molecule has 0 aliphatic rings. The zero-order valence-electron chi connectivity index (χ0n) is 16.6. The van der Waals surface area contributed by atoms with Gasteiger partial charge < -0.3 is 10.2 Å². The lowest BCUT2D eigenvalue weighted by Gasteiger charge is -2.09. The lowest BCUT2D eigenvalue weighted by Crippen LogP contribution is -2.25. The largest absolute Gasteiger partial charge is 0.465 e. The van der Waals surface area contributed by atoms with E-state index in [4.69, 9.17) is 20.1 Å². The van der Waals surface area contributed by atoms with Crippen molar-refractivity contribution >= 4 is 24.0 Å². The zero-order valence-corrected chi connectivity index (χ0v) is 16.6. The quantitative estimate of drug-likeness (QED) is 0.460. The van der Waals surface area contributed by atoms with Crippen LogP contribution >= 0.6 is 0 Å². The second-order valence-corrected chi connectivity index (χ2v) is 7.27. The predicted molar refractivity (Wildman–Crippen MR) is 119 cm³/mol. The van der Waals surface area contributed by atoms with Crippen LogP contribution in [0.3, 0.4) is 0 Å². The van der Waals surface area contributed by atoms with Crippen LogP contribution in [-0.4, -0.2) is 14.4 Å². The molecule has 0 saturated heterocycles. The molecule has 0 amide bonds. The van der Waals surface area contributed by atoms with Crippen molar-refractivity contribution < 1.29 is 8.81 Å². The minimum atomic E-state index is -0.389. The Balaban J connectivity index is 1.77. The average molecular weight is 410 g/mol. The summed E-state index contributed by atoms with van der Waals surface area (Å²) in [7, 11) is 0. The van der Waals surface area contributed by atoms with Crippen molar-refractivity contribution in [1.29, 1.82) is 0 Å². The molecule has 0 aliphatic heterocycles. The Morgan fingerprint density at radius 1 is 1.06 bits per heavy atom. The molecule has 3 aromatic heterocycles. The molecule has 2 N–H and O–H groups in total. The molecular formula is C25H19FN4O. The highest BCUT2D eigenvalue weighted by atomic mass is 19.1. The number of nitrogens with two attached hydrogens (primary N) is 1. The molecule has 0 unspecified atom stereocenters. The summed E-state index contributed by atoms with van der Waals surface area (Å²) < 4.78 is 21.9. The SMILES string of the molecule is C=c1/c(=C/c2ccco2)nc2c(Cc3ccccc3)nc(-c3cc(N)ccc3F)cn12. The smallest absolute Gasteiger partial charge is 0.160 e. The molecule has 0 radical (unpaired) electrons. The molecule has 3 heterocycles. The van der Waals surface area contributed by atoms with Gasteiger partial charge in [-0.2, -0.15) is 0 Å². The van der Waals surface area contributed by atoms with Gasteiger partial charge in [-0.05, 0) is 35.9 Å². The number of anilines is 1. The molecule has 6 heteroatoms. The molecule has 5 rings (SSSR count). The molecular weight excluding hydrogens is 391 g/mol. The predicted octanol–water partition coefficient (Wildman–Crippen LogP) is 3.54. The summed E-state index contributed by atoms with van der Waals surface area (Å²) in [5.74, 6) is 0.285. The molecule has 2 aromatic carbocycles. The number of aromatic nitrogens is 3. The summed E-state index contributed by atoms with van der Waals surface area (Å²) in [5, 5.41) is 1.32. The van der Waals surface area contributed by atoms with Crippen LogP contribution in [0.25, 0.3) is 29.6 Å². The van der Waals surface area contributed by atoms with Crippen LogP contribution in [0.2, 0.25) is 0 Å². The van der Waals surface area contributed by atoms with Gasteiger partial charge in [0, 0.05) is 29.9 Å². The average Bonchev–Trinajstić information content (AvgIpc) is 3.40. The van der Waals surface area contributed by atoms with Gasteiger partial charge in [0.1, 0.15) is 11.6 Å². The van der Waals surface area contributed by atoms with Gasteiger partial charge in [-0.3, -0.25) is 4.40 Å². The molecule has 5 nitrogen and oxygen atoms in total. The molecule has 0 atom stereocenters. The fourth-order valence-corrected chi connectivity index (χ4v) is 3.57. The van der Waals surface area contributed by atoms with Gasteiger partial charge in [0.05, 0.1) is 28.3 Å². The lowest BCUT2D eigenvalue weighted by molar-refractivity contribution is 0.556. The van der Waals surface area contributed by atoms with Crippen molar-refractivity contribution in [3.8, 4) is 11.3 Å². The van der Waals surface area contributed by atoms with E-state index < -0.39 is 0 Å². The van der Waals surface area contributed by atoms with E-state index in [1.807, 2.05) is 52.9 Å². The van der Waals surface area contributed by atoms with E-state index in [1.165, 1.54) is 12.1 Å². The van der Waals surface area contributed by atoms with E-state index in [-0.39, 0.29) is 5.82 Å². The topological polar surface area (TPSA) is 69.3 Å². The fourth-order valence-electron chi connectivity index (χ4n) is 3.57. The maximum atomic E-state index is 14.6. The standard InChI is InChI=1S/C25H19FN4O/c1-16-22(14-19-8-5-11-31-19)29-25-23(12-17-6-3-2-4-7-17)28-24(15-30(16)25)20-13-18(27)9-10-21(20)26/h2-11,13-15H,1,12,27H2/b22-14-. The summed E-state index contributed by atoms with van der Waals surface area (Å²) in [4.78, 5) is 9.54. The van der Waals surface area contributed by atoms with Crippen molar-refractivity contribution in [2.75, 3.05) is 5.73 Å². The van der Waals surface area contributed by atoms with Crippen molar-refractivity contribution in [2.24, 2.45) is 0 Å². The van der Waals surface area contributed by atoms with Gasteiger partial charge in [-0.1, -0.05) is 36.9 Å². The Morgan fingerprint density at radius 3 is 2.68 bits per heavy atom. The molecule has 152 valence electrons. The number of fused-ring (bicyclic) bond motifs is 1. The van der Waals surface area contributed by atoms with Crippen molar-refractivity contribution in [3.05, 3.63) is 107 Å². The number of hydrogen-bond acceptors (Lipinski definition) is 4. The summed E-state index contributed by atoms with van der Waals surface area (Å²) in [6.07, 6.45) is 5.71. The molecule has 0 saturated carbocycles. The molecule has 0 bridgehead atoms. The van der Waals surface area contributed by atoms with Crippen LogP contribution < -0.4 is 16.4 Å². The summed E-state index contributed by atoms with van der Waals surface area (Å²) >= 11 is 0. The lowest BCUT2D eigenvalue weighted by atomic mass is 10.1. The van der Waals surface area contributed by atoms with Crippen LogP contribution in [-0.2, 0) is 6.42 Å². The van der Waals surface area contributed by atoms with E-state index >= 15 is 0 Å². The Labute approximate surface area is 177 Å². The number of benzene rings is 2. The monoisotopic (exact) mass is 410 g/mol. The number of nitrogen functional groups attached to an aromatic ring is 1. The van der Waals surface area contributed by atoms with Gasteiger partial charge in [0.2, 0.25) is 0 Å². The van der Waals surface area contributed by atoms with Gasteiger partial charge in [0.15, 0.2) is 5.65 Å². The third-order valence-corrected chi connectivity index (χ3v) is 5.11. The van der Waals surface area contributed by atoms with E-state index in [2.05, 4.69) is 6.58 Å². The first-order valence-electron chi connectivity index (χ1n) is 9.80. The minimum Gasteiger partial charge on any atom is -0.465 e. The van der Waals surface area contributed by atoms with Crippen LogP contribution in [0.4, 0.5) is 10.1 Å². The van der Waals surface area contributed by atoms with Gasteiger partial charge in [-0.15, -0.1) is 0 Å². The second-order valence-electron chi connectivity index (χ2n) is 7.27. The highest BCUT2D eigenvalue weighted by Crippen LogP contribution is 2.25. The Morgan fingerprint density at radius 2 is 1.90 bits per heavy atom. The van der Waals surface area contributed by atoms with Crippen LogP contribution in [0.1, 0.15) is 17.0 Å². The molecule has 5 aromatic rings. The van der Waals surface area contributed by atoms with Crippen molar-refractivity contribution in [2.45, 2.75) is 6.42 Å². The molecule has 0 fully saturated rings.